The van der Waals surface area contributed by atoms with E-state index in [4.69, 9.17) is 14.2 Å². The molecule has 0 saturated carbocycles. The van der Waals surface area contributed by atoms with Crippen LogP contribution in [0.15, 0.2) is 0 Å². The second-order valence-electron chi connectivity index (χ2n) is 10.3. The van der Waals surface area contributed by atoms with E-state index in [1.807, 2.05) is 21.0 Å². The lowest BCUT2D eigenvalue weighted by Gasteiger charge is -2.36. The fourth-order valence-corrected chi connectivity index (χ4v) is 4.18. The monoisotopic (exact) mass is 485 g/mol. The Hall–Kier alpha value is -0.810. The average Bonchev–Trinajstić information content (AvgIpc) is 2.84. The molecule has 0 aromatic rings. The van der Waals surface area contributed by atoms with Gasteiger partial charge in [-0.05, 0) is 52.4 Å². The minimum atomic E-state index is -0.292. The maximum absolute atomic E-state index is 11.6. The van der Waals surface area contributed by atoms with Crippen molar-refractivity contribution in [3.8, 4) is 0 Å². The van der Waals surface area contributed by atoms with Crippen LogP contribution >= 0.6 is 0 Å². The molecular weight excluding hydrogens is 426 g/mol. The number of amides is 1. The van der Waals surface area contributed by atoms with E-state index in [2.05, 4.69) is 33.0 Å². The third-order valence-electron chi connectivity index (χ3n) is 7.31. The molecule has 34 heavy (non-hydrogen) atoms. The first-order valence-corrected chi connectivity index (χ1v) is 14.5. The van der Waals surface area contributed by atoms with Gasteiger partial charge in [0.2, 0.25) is 0 Å². The van der Waals surface area contributed by atoms with E-state index in [-0.39, 0.29) is 30.0 Å². The SMILES string of the molecule is CCCCCCCCC(OC(C)(CC)CC)C(CCCCCCCNC(=O)OC(C)CC)OC. The highest BCUT2D eigenvalue weighted by molar-refractivity contribution is 5.67. The molecule has 0 aromatic carbocycles. The zero-order chi connectivity index (χ0) is 25.7. The number of unbranched alkanes of at least 4 members (excludes halogenated alkanes) is 9. The van der Waals surface area contributed by atoms with Crippen LogP contribution < -0.4 is 5.32 Å². The molecule has 0 aliphatic rings. The number of alkyl carbamates (subject to hydrolysis) is 1. The molecule has 5 heteroatoms. The molecule has 1 N–H and O–H groups in total. The Morgan fingerprint density at radius 1 is 0.794 bits per heavy atom. The number of carbonyl (C=O) groups is 1. The van der Waals surface area contributed by atoms with Gasteiger partial charge in [-0.1, -0.05) is 91.9 Å². The van der Waals surface area contributed by atoms with E-state index in [1.54, 1.807) is 0 Å². The van der Waals surface area contributed by atoms with Gasteiger partial charge in [-0.3, -0.25) is 0 Å². The number of ether oxygens (including phenoxy) is 3. The van der Waals surface area contributed by atoms with Crippen molar-refractivity contribution in [1.82, 2.24) is 5.32 Å². The third-order valence-corrected chi connectivity index (χ3v) is 7.31. The summed E-state index contributed by atoms with van der Waals surface area (Å²) in [5.41, 5.74) is -0.0628. The molecule has 204 valence electrons. The Balaban J connectivity index is 4.33. The maximum atomic E-state index is 11.6. The van der Waals surface area contributed by atoms with E-state index >= 15 is 0 Å². The van der Waals surface area contributed by atoms with Gasteiger partial charge < -0.3 is 19.5 Å². The molecule has 0 saturated heterocycles. The molecule has 0 heterocycles. The van der Waals surface area contributed by atoms with Crippen molar-refractivity contribution in [2.24, 2.45) is 0 Å². The van der Waals surface area contributed by atoms with Crippen molar-refractivity contribution in [2.75, 3.05) is 13.7 Å². The van der Waals surface area contributed by atoms with E-state index in [1.165, 1.54) is 51.4 Å². The van der Waals surface area contributed by atoms with Crippen molar-refractivity contribution >= 4 is 6.09 Å². The second-order valence-corrected chi connectivity index (χ2v) is 10.3. The summed E-state index contributed by atoms with van der Waals surface area (Å²) in [6, 6.07) is 0. The van der Waals surface area contributed by atoms with Gasteiger partial charge in [-0.2, -0.15) is 0 Å². The van der Waals surface area contributed by atoms with Crippen molar-refractivity contribution < 1.29 is 19.0 Å². The number of hydrogen-bond acceptors (Lipinski definition) is 4. The van der Waals surface area contributed by atoms with E-state index in [9.17, 15) is 4.79 Å². The molecular formula is C29H59NO4. The molecule has 0 spiro atoms. The minimum Gasteiger partial charge on any atom is -0.447 e. The highest BCUT2D eigenvalue weighted by atomic mass is 16.6. The standard InChI is InChI=1S/C29H59NO4/c1-8-12-13-14-16-20-23-27(34-29(6,10-3)11-4)26(32-7)22-19-17-15-18-21-24-30-28(31)33-25(5)9-2/h25-27H,8-24H2,1-7H3,(H,30,31). The van der Waals surface area contributed by atoms with Gasteiger partial charge in [-0.25, -0.2) is 4.79 Å². The smallest absolute Gasteiger partial charge is 0.407 e. The maximum Gasteiger partial charge on any atom is 0.407 e. The Kier molecular flexibility index (Phi) is 21.0. The zero-order valence-electron chi connectivity index (χ0n) is 23.9. The molecule has 0 aliphatic carbocycles. The number of rotatable bonds is 23. The summed E-state index contributed by atoms with van der Waals surface area (Å²) in [6.07, 6.45) is 18.6. The van der Waals surface area contributed by atoms with Gasteiger partial charge in [0.05, 0.1) is 17.8 Å². The molecule has 1 amide bonds. The van der Waals surface area contributed by atoms with Crippen LogP contribution in [0.3, 0.4) is 0 Å². The molecule has 0 rings (SSSR count). The third kappa shape index (κ3) is 16.8. The summed E-state index contributed by atoms with van der Waals surface area (Å²) in [5, 5.41) is 2.85. The summed E-state index contributed by atoms with van der Waals surface area (Å²) in [7, 11) is 1.85. The van der Waals surface area contributed by atoms with Crippen LogP contribution in [0.25, 0.3) is 0 Å². The topological polar surface area (TPSA) is 56.8 Å². The van der Waals surface area contributed by atoms with Crippen LogP contribution in [0.1, 0.15) is 144 Å². The highest BCUT2D eigenvalue weighted by Gasteiger charge is 2.30. The predicted molar refractivity (Wildman–Crippen MR) is 145 cm³/mol. The van der Waals surface area contributed by atoms with Crippen LogP contribution in [0.4, 0.5) is 4.79 Å². The lowest BCUT2D eigenvalue weighted by Crippen LogP contribution is -2.40. The molecule has 0 radical (unpaired) electrons. The molecule has 0 aliphatic heterocycles. The number of carbonyl (C=O) groups excluding carboxylic acids is 1. The van der Waals surface area contributed by atoms with E-state index in [0.717, 1.165) is 51.4 Å². The molecule has 0 fully saturated rings. The first kappa shape index (κ1) is 33.2. The number of methoxy groups -OCH3 is 1. The highest BCUT2D eigenvalue weighted by Crippen LogP contribution is 2.28. The summed E-state index contributed by atoms with van der Waals surface area (Å²) in [5.74, 6) is 0. The fraction of sp³-hybridized carbons (Fsp3) is 0.966. The van der Waals surface area contributed by atoms with Gasteiger partial charge >= 0.3 is 6.09 Å². The Morgan fingerprint density at radius 2 is 1.32 bits per heavy atom. The van der Waals surface area contributed by atoms with Crippen molar-refractivity contribution in [3.05, 3.63) is 0 Å². The Labute approximate surface area is 212 Å². The van der Waals surface area contributed by atoms with Gasteiger partial charge in [0.25, 0.3) is 0 Å². The van der Waals surface area contributed by atoms with E-state index < -0.39 is 0 Å². The van der Waals surface area contributed by atoms with Crippen molar-refractivity contribution in [2.45, 2.75) is 168 Å². The summed E-state index contributed by atoms with van der Waals surface area (Å²) in [6.45, 7) is 13.6. The quantitative estimate of drug-likeness (QED) is 0.147. The summed E-state index contributed by atoms with van der Waals surface area (Å²) >= 11 is 0. The molecule has 3 unspecified atom stereocenters. The minimum absolute atomic E-state index is 0.0184. The van der Waals surface area contributed by atoms with Crippen LogP contribution in [-0.4, -0.2) is 43.7 Å². The molecule has 3 atom stereocenters. The largest absolute Gasteiger partial charge is 0.447 e. The Bertz CT molecular complexity index is 467. The zero-order valence-corrected chi connectivity index (χ0v) is 23.9. The van der Waals surface area contributed by atoms with Crippen molar-refractivity contribution in [1.29, 1.82) is 0 Å². The van der Waals surface area contributed by atoms with Gasteiger partial charge in [-0.15, -0.1) is 0 Å². The first-order chi connectivity index (χ1) is 16.4. The number of hydrogen-bond donors (Lipinski definition) is 1. The normalized spacial score (nSPS) is 14.6. The van der Waals surface area contributed by atoms with Crippen LogP contribution in [0, 0.1) is 0 Å². The van der Waals surface area contributed by atoms with Crippen LogP contribution in [0.2, 0.25) is 0 Å². The van der Waals surface area contributed by atoms with Gasteiger partial charge in [0.1, 0.15) is 6.10 Å². The average molecular weight is 486 g/mol. The lowest BCUT2D eigenvalue weighted by molar-refractivity contribution is -0.143. The second kappa shape index (κ2) is 21.5. The summed E-state index contributed by atoms with van der Waals surface area (Å²) in [4.78, 5) is 11.6. The predicted octanol–water partition coefficient (Wildman–Crippen LogP) is 8.58. The Morgan fingerprint density at radius 3 is 1.85 bits per heavy atom. The van der Waals surface area contributed by atoms with E-state index in [0.29, 0.717) is 6.54 Å². The first-order valence-electron chi connectivity index (χ1n) is 14.5. The van der Waals surface area contributed by atoms with Gasteiger partial charge in [0, 0.05) is 13.7 Å². The van der Waals surface area contributed by atoms with Crippen LogP contribution in [-0.2, 0) is 14.2 Å². The summed E-state index contributed by atoms with van der Waals surface area (Å²) < 4.78 is 17.9. The lowest BCUT2D eigenvalue weighted by atomic mass is 9.95. The molecule has 0 aromatic heterocycles. The number of nitrogens with one attached hydrogen (secondary N) is 1. The fourth-order valence-electron chi connectivity index (χ4n) is 4.18. The molecule has 0 bridgehead atoms. The molecule has 5 nitrogen and oxygen atoms in total. The van der Waals surface area contributed by atoms with Gasteiger partial charge in [0.15, 0.2) is 0 Å². The van der Waals surface area contributed by atoms with Crippen LogP contribution in [0.5, 0.6) is 0 Å². The van der Waals surface area contributed by atoms with Crippen molar-refractivity contribution in [3.63, 3.8) is 0 Å².